The molecule has 2 N–H and O–H groups in total. The second-order valence-corrected chi connectivity index (χ2v) is 6.34. The Kier molecular flexibility index (Phi) is 5.86. The predicted octanol–water partition coefficient (Wildman–Crippen LogP) is 4.33. The number of amides is 2. The third-order valence-corrected chi connectivity index (χ3v) is 4.08. The molecule has 2 aromatic carbocycles. The van der Waals surface area contributed by atoms with Gasteiger partial charge in [0.25, 0.3) is 11.8 Å². The zero-order chi connectivity index (χ0) is 21.9. The first-order valence-corrected chi connectivity index (χ1v) is 8.62. The topological polar surface area (TPSA) is 84.2 Å². The Hall–Kier alpha value is -3.69. The Morgan fingerprint density at radius 3 is 2.50 bits per heavy atom. The van der Waals surface area contributed by atoms with E-state index in [0.717, 1.165) is 0 Å². The molecular weight excluding hydrogens is 406 g/mol. The number of carbonyl (C=O) groups is 2. The second-order valence-electron chi connectivity index (χ2n) is 6.34. The lowest BCUT2D eigenvalue weighted by atomic mass is 10.1. The van der Waals surface area contributed by atoms with E-state index in [1.165, 1.54) is 42.5 Å². The molecule has 0 aliphatic heterocycles. The molecule has 0 saturated heterocycles. The van der Waals surface area contributed by atoms with Crippen LogP contribution in [-0.4, -0.2) is 29.7 Å². The summed E-state index contributed by atoms with van der Waals surface area (Å²) in [6.45, 7) is 0.166. The van der Waals surface area contributed by atoms with Crippen molar-refractivity contribution in [1.82, 2.24) is 10.5 Å². The van der Waals surface area contributed by atoms with Crippen molar-refractivity contribution in [3.05, 3.63) is 71.2 Å². The third kappa shape index (κ3) is 5.02. The SMILES string of the molecule is Cc1ccc(C(=O)NCC(F)(F)F)cc1NC(=O)c1cc(-c2ccccc2F)on1. The number of nitrogens with one attached hydrogen (secondary N) is 2. The lowest BCUT2D eigenvalue weighted by molar-refractivity contribution is -0.123. The largest absolute Gasteiger partial charge is 0.405 e. The van der Waals surface area contributed by atoms with Crippen molar-refractivity contribution in [1.29, 1.82) is 0 Å². The maximum absolute atomic E-state index is 13.8. The van der Waals surface area contributed by atoms with Crippen LogP contribution >= 0.6 is 0 Å². The summed E-state index contributed by atoms with van der Waals surface area (Å²) in [5.41, 5.74) is 0.694. The number of halogens is 4. The Labute approximate surface area is 167 Å². The first-order chi connectivity index (χ1) is 14.1. The summed E-state index contributed by atoms with van der Waals surface area (Å²) >= 11 is 0. The van der Waals surface area contributed by atoms with E-state index in [0.29, 0.717) is 5.56 Å². The highest BCUT2D eigenvalue weighted by atomic mass is 19.4. The first-order valence-electron chi connectivity index (χ1n) is 8.62. The smallest absolute Gasteiger partial charge is 0.355 e. The van der Waals surface area contributed by atoms with Gasteiger partial charge in [-0.15, -0.1) is 0 Å². The van der Waals surface area contributed by atoms with E-state index in [9.17, 15) is 27.2 Å². The van der Waals surface area contributed by atoms with Crippen molar-refractivity contribution in [2.75, 3.05) is 11.9 Å². The fourth-order valence-corrected chi connectivity index (χ4v) is 2.54. The average Bonchev–Trinajstić information content (AvgIpc) is 3.17. The Morgan fingerprint density at radius 1 is 1.07 bits per heavy atom. The summed E-state index contributed by atoms with van der Waals surface area (Å²) in [6.07, 6.45) is -4.54. The van der Waals surface area contributed by atoms with E-state index < -0.39 is 30.4 Å². The maximum atomic E-state index is 13.8. The molecule has 3 rings (SSSR count). The summed E-state index contributed by atoms with van der Waals surface area (Å²) in [6, 6.07) is 11.1. The van der Waals surface area contributed by atoms with Gasteiger partial charge in [-0.05, 0) is 36.8 Å². The van der Waals surface area contributed by atoms with E-state index in [1.807, 2.05) is 0 Å². The molecule has 3 aromatic rings. The molecule has 0 aliphatic rings. The highest BCUT2D eigenvalue weighted by Crippen LogP contribution is 2.24. The number of carbonyl (C=O) groups excluding carboxylic acids is 2. The van der Waals surface area contributed by atoms with E-state index in [-0.39, 0.29) is 28.3 Å². The zero-order valence-electron chi connectivity index (χ0n) is 15.5. The summed E-state index contributed by atoms with van der Waals surface area (Å²) in [4.78, 5) is 24.4. The minimum absolute atomic E-state index is 0.0512. The molecule has 0 fully saturated rings. The van der Waals surface area contributed by atoms with Gasteiger partial charge in [0.05, 0.1) is 5.56 Å². The Balaban J connectivity index is 1.75. The summed E-state index contributed by atoms with van der Waals surface area (Å²) in [5.74, 6) is -2.13. The first kappa shape index (κ1) is 21.0. The van der Waals surface area contributed by atoms with Crippen LogP contribution in [0.2, 0.25) is 0 Å². The van der Waals surface area contributed by atoms with Gasteiger partial charge in [0.15, 0.2) is 11.5 Å². The van der Waals surface area contributed by atoms with Crippen LogP contribution in [0.3, 0.4) is 0 Å². The van der Waals surface area contributed by atoms with Crippen LogP contribution in [-0.2, 0) is 0 Å². The highest BCUT2D eigenvalue weighted by Gasteiger charge is 2.28. The van der Waals surface area contributed by atoms with Crippen molar-refractivity contribution < 1.29 is 31.7 Å². The van der Waals surface area contributed by atoms with Crippen LogP contribution in [0.25, 0.3) is 11.3 Å². The van der Waals surface area contributed by atoms with Crippen LogP contribution in [0.4, 0.5) is 23.2 Å². The van der Waals surface area contributed by atoms with Crippen LogP contribution < -0.4 is 10.6 Å². The molecule has 156 valence electrons. The molecule has 0 aliphatic carbocycles. The van der Waals surface area contributed by atoms with Gasteiger partial charge >= 0.3 is 6.18 Å². The maximum Gasteiger partial charge on any atom is 0.405 e. The number of hydrogen-bond donors (Lipinski definition) is 2. The molecule has 30 heavy (non-hydrogen) atoms. The molecule has 1 heterocycles. The van der Waals surface area contributed by atoms with Gasteiger partial charge in [0.2, 0.25) is 0 Å². The molecule has 0 saturated carbocycles. The van der Waals surface area contributed by atoms with Gasteiger partial charge in [0.1, 0.15) is 12.4 Å². The van der Waals surface area contributed by atoms with Crippen molar-refractivity contribution in [3.63, 3.8) is 0 Å². The molecule has 0 bridgehead atoms. The minimum Gasteiger partial charge on any atom is -0.355 e. The molecule has 2 amide bonds. The number of nitrogens with zero attached hydrogens (tertiary/aromatic N) is 1. The van der Waals surface area contributed by atoms with Gasteiger partial charge in [-0.1, -0.05) is 23.4 Å². The normalized spacial score (nSPS) is 11.2. The number of benzene rings is 2. The van der Waals surface area contributed by atoms with Crippen molar-refractivity contribution in [2.24, 2.45) is 0 Å². The molecule has 0 atom stereocenters. The standard InChI is InChI=1S/C20H15F4N3O3/c1-11-6-7-12(18(28)25-10-20(22,23)24)8-15(11)26-19(29)16-9-17(30-27-16)13-4-2-3-5-14(13)21/h2-9H,10H2,1H3,(H,25,28)(H,26,29). The van der Waals surface area contributed by atoms with E-state index in [4.69, 9.17) is 4.52 Å². The van der Waals surface area contributed by atoms with Crippen LogP contribution in [0, 0.1) is 12.7 Å². The zero-order valence-corrected chi connectivity index (χ0v) is 15.5. The Bertz CT molecular complexity index is 1090. The summed E-state index contributed by atoms with van der Waals surface area (Å²) in [5, 5.41) is 7.89. The number of rotatable bonds is 5. The monoisotopic (exact) mass is 421 g/mol. The van der Waals surface area contributed by atoms with Crippen LogP contribution in [0.5, 0.6) is 0 Å². The quantitative estimate of drug-likeness (QED) is 0.601. The number of anilines is 1. The lowest BCUT2D eigenvalue weighted by Crippen LogP contribution is -2.33. The third-order valence-electron chi connectivity index (χ3n) is 4.08. The van der Waals surface area contributed by atoms with Crippen molar-refractivity contribution in [3.8, 4) is 11.3 Å². The number of aromatic nitrogens is 1. The van der Waals surface area contributed by atoms with Gasteiger partial charge in [-0.2, -0.15) is 13.2 Å². The van der Waals surface area contributed by atoms with E-state index in [1.54, 1.807) is 18.3 Å². The molecule has 10 heteroatoms. The molecule has 1 aromatic heterocycles. The van der Waals surface area contributed by atoms with E-state index >= 15 is 0 Å². The number of hydrogen-bond acceptors (Lipinski definition) is 4. The van der Waals surface area contributed by atoms with Gasteiger partial charge in [-0.3, -0.25) is 9.59 Å². The summed E-state index contributed by atoms with van der Waals surface area (Å²) in [7, 11) is 0. The van der Waals surface area contributed by atoms with E-state index in [2.05, 4.69) is 10.5 Å². The van der Waals surface area contributed by atoms with Crippen molar-refractivity contribution >= 4 is 17.5 Å². The molecule has 0 radical (unpaired) electrons. The molecular formula is C20H15F4N3O3. The van der Waals surface area contributed by atoms with Crippen molar-refractivity contribution in [2.45, 2.75) is 13.1 Å². The fourth-order valence-electron chi connectivity index (χ4n) is 2.54. The second kappa shape index (κ2) is 8.36. The lowest BCUT2D eigenvalue weighted by Gasteiger charge is -2.11. The van der Waals surface area contributed by atoms with Gasteiger partial charge in [-0.25, -0.2) is 4.39 Å². The molecule has 0 spiro atoms. The van der Waals surface area contributed by atoms with Gasteiger partial charge in [0, 0.05) is 17.3 Å². The fraction of sp³-hybridized carbons (Fsp3) is 0.150. The highest BCUT2D eigenvalue weighted by molar-refractivity contribution is 6.04. The number of aryl methyl sites for hydroxylation is 1. The summed E-state index contributed by atoms with van der Waals surface area (Å²) < 4.78 is 55.7. The van der Waals surface area contributed by atoms with Crippen LogP contribution in [0.15, 0.2) is 53.1 Å². The van der Waals surface area contributed by atoms with Gasteiger partial charge < -0.3 is 15.2 Å². The minimum atomic E-state index is -4.54. The average molecular weight is 421 g/mol. The molecule has 0 unspecified atom stereocenters. The van der Waals surface area contributed by atoms with Crippen LogP contribution in [0.1, 0.15) is 26.4 Å². The number of alkyl halides is 3. The predicted molar refractivity (Wildman–Crippen MR) is 99.4 cm³/mol. The Morgan fingerprint density at radius 2 is 1.80 bits per heavy atom. The molecule has 6 nitrogen and oxygen atoms in total.